The standard InChI is InChI=1S/C25H25N3O4S/c1-14-26-27-24(33-14)28-20(15-6-10-17(11-7-15)25(2,3)4)19(22(30)23(28)31)21(29)16-8-12-18(32-5)13-9-16/h6-13,20,30H,1-5H3. The number of anilines is 1. The van der Waals surface area contributed by atoms with Crippen LogP contribution in [0.15, 0.2) is 59.9 Å². The van der Waals surface area contributed by atoms with Crippen LogP contribution in [0.5, 0.6) is 5.75 Å². The Hall–Kier alpha value is -3.52. The molecule has 1 amide bonds. The molecule has 170 valence electrons. The monoisotopic (exact) mass is 463 g/mol. The zero-order valence-electron chi connectivity index (χ0n) is 19.1. The Morgan fingerprint density at radius 3 is 2.21 bits per heavy atom. The van der Waals surface area contributed by atoms with E-state index in [1.807, 2.05) is 24.3 Å². The van der Waals surface area contributed by atoms with Crippen molar-refractivity contribution in [3.8, 4) is 5.75 Å². The second-order valence-corrected chi connectivity index (χ2v) is 10.0. The fourth-order valence-corrected chi connectivity index (χ4v) is 4.51. The summed E-state index contributed by atoms with van der Waals surface area (Å²) in [6, 6.07) is 13.5. The molecule has 1 aliphatic rings. The highest BCUT2D eigenvalue weighted by atomic mass is 32.1. The number of rotatable bonds is 5. The highest BCUT2D eigenvalue weighted by molar-refractivity contribution is 7.15. The van der Waals surface area contributed by atoms with Gasteiger partial charge in [0.2, 0.25) is 5.13 Å². The van der Waals surface area contributed by atoms with Crippen LogP contribution in [0.3, 0.4) is 0 Å². The molecule has 8 heteroatoms. The number of benzene rings is 2. The predicted molar refractivity (Wildman–Crippen MR) is 127 cm³/mol. The first kappa shape index (κ1) is 22.7. The normalized spacial score (nSPS) is 16.5. The van der Waals surface area contributed by atoms with E-state index in [2.05, 4.69) is 31.0 Å². The summed E-state index contributed by atoms with van der Waals surface area (Å²) in [5.74, 6) is -1.08. The van der Waals surface area contributed by atoms with Gasteiger partial charge in [-0.25, -0.2) is 0 Å². The molecule has 1 unspecified atom stereocenters. The van der Waals surface area contributed by atoms with Gasteiger partial charge in [0.1, 0.15) is 10.8 Å². The number of aliphatic hydroxyl groups is 1. The molecule has 0 saturated carbocycles. The summed E-state index contributed by atoms with van der Waals surface area (Å²) >= 11 is 1.23. The summed E-state index contributed by atoms with van der Waals surface area (Å²) in [5, 5.41) is 20.0. The second-order valence-electron chi connectivity index (χ2n) is 8.87. The molecule has 0 aliphatic carbocycles. The van der Waals surface area contributed by atoms with Gasteiger partial charge >= 0.3 is 0 Å². The third-order valence-corrected chi connectivity index (χ3v) is 6.46. The number of ketones is 1. The highest BCUT2D eigenvalue weighted by Gasteiger charge is 2.46. The van der Waals surface area contributed by atoms with Crippen molar-refractivity contribution in [2.75, 3.05) is 12.0 Å². The van der Waals surface area contributed by atoms with E-state index in [1.165, 1.54) is 16.2 Å². The van der Waals surface area contributed by atoms with Gasteiger partial charge in [-0.3, -0.25) is 14.5 Å². The number of ether oxygens (including phenoxy) is 1. The summed E-state index contributed by atoms with van der Waals surface area (Å²) < 4.78 is 5.17. The highest BCUT2D eigenvalue weighted by Crippen LogP contribution is 2.43. The van der Waals surface area contributed by atoms with E-state index in [0.29, 0.717) is 27.0 Å². The van der Waals surface area contributed by atoms with Crippen LogP contribution in [0.4, 0.5) is 5.13 Å². The van der Waals surface area contributed by atoms with E-state index in [-0.39, 0.29) is 11.0 Å². The Labute approximate surface area is 196 Å². The first-order chi connectivity index (χ1) is 15.6. The van der Waals surface area contributed by atoms with E-state index >= 15 is 0 Å². The molecule has 0 fully saturated rings. The van der Waals surface area contributed by atoms with Crippen molar-refractivity contribution >= 4 is 28.2 Å². The number of hydrogen-bond donors (Lipinski definition) is 1. The fraction of sp³-hybridized carbons (Fsp3) is 0.280. The van der Waals surface area contributed by atoms with Gasteiger partial charge in [0.05, 0.1) is 18.7 Å². The minimum Gasteiger partial charge on any atom is -0.503 e. The molecule has 1 aliphatic heterocycles. The van der Waals surface area contributed by atoms with Gasteiger partial charge in [0, 0.05) is 5.56 Å². The Kier molecular flexibility index (Phi) is 5.80. The molecule has 0 saturated heterocycles. The topological polar surface area (TPSA) is 92.6 Å². The molecule has 0 spiro atoms. The minimum absolute atomic E-state index is 0.0153. The van der Waals surface area contributed by atoms with Crippen LogP contribution >= 0.6 is 11.3 Å². The van der Waals surface area contributed by atoms with E-state index < -0.39 is 23.5 Å². The number of Topliss-reactive ketones (excluding diaryl/α,β-unsaturated/α-hetero) is 1. The molecule has 2 heterocycles. The van der Waals surface area contributed by atoms with Crippen molar-refractivity contribution < 1.29 is 19.4 Å². The summed E-state index contributed by atoms with van der Waals surface area (Å²) in [5.41, 5.74) is 2.12. The number of aliphatic hydroxyl groups excluding tert-OH is 1. The molecule has 3 aromatic rings. The number of aromatic nitrogens is 2. The Morgan fingerprint density at radius 2 is 1.70 bits per heavy atom. The van der Waals surface area contributed by atoms with Crippen LogP contribution in [-0.4, -0.2) is 34.1 Å². The Balaban J connectivity index is 1.83. The Bertz CT molecular complexity index is 1240. The first-order valence-electron chi connectivity index (χ1n) is 10.5. The zero-order valence-corrected chi connectivity index (χ0v) is 19.9. The molecule has 1 N–H and O–H groups in total. The number of methoxy groups -OCH3 is 1. The lowest BCUT2D eigenvalue weighted by Gasteiger charge is -2.25. The summed E-state index contributed by atoms with van der Waals surface area (Å²) in [4.78, 5) is 28.0. The third kappa shape index (κ3) is 4.14. The quantitative estimate of drug-likeness (QED) is 0.539. The number of nitrogens with zero attached hydrogens (tertiary/aromatic N) is 3. The molecular formula is C25H25N3O4S. The van der Waals surface area contributed by atoms with Crippen LogP contribution in [0, 0.1) is 6.92 Å². The maximum absolute atomic E-state index is 13.5. The van der Waals surface area contributed by atoms with E-state index in [0.717, 1.165) is 5.56 Å². The molecule has 0 radical (unpaired) electrons. The van der Waals surface area contributed by atoms with Crippen molar-refractivity contribution in [1.82, 2.24) is 10.2 Å². The molecular weight excluding hydrogens is 438 g/mol. The maximum Gasteiger partial charge on any atom is 0.296 e. The largest absolute Gasteiger partial charge is 0.503 e. The summed E-state index contributed by atoms with van der Waals surface area (Å²) in [7, 11) is 1.54. The average Bonchev–Trinajstić information content (AvgIpc) is 3.33. The van der Waals surface area contributed by atoms with E-state index in [9.17, 15) is 14.7 Å². The summed E-state index contributed by atoms with van der Waals surface area (Å²) in [6.45, 7) is 8.12. The van der Waals surface area contributed by atoms with Crippen molar-refractivity contribution in [3.63, 3.8) is 0 Å². The van der Waals surface area contributed by atoms with Crippen molar-refractivity contribution in [2.45, 2.75) is 39.2 Å². The lowest BCUT2D eigenvalue weighted by molar-refractivity contribution is -0.117. The number of hydrogen-bond acceptors (Lipinski definition) is 7. The minimum atomic E-state index is -0.825. The average molecular weight is 464 g/mol. The number of aryl methyl sites for hydroxylation is 1. The lowest BCUT2D eigenvalue weighted by Crippen LogP contribution is -2.31. The van der Waals surface area contributed by atoms with Crippen LogP contribution < -0.4 is 9.64 Å². The van der Waals surface area contributed by atoms with Gasteiger partial charge < -0.3 is 9.84 Å². The number of carbonyl (C=O) groups excluding carboxylic acids is 2. The molecule has 33 heavy (non-hydrogen) atoms. The maximum atomic E-state index is 13.5. The van der Waals surface area contributed by atoms with Crippen LogP contribution in [0.1, 0.15) is 53.3 Å². The van der Waals surface area contributed by atoms with E-state index in [4.69, 9.17) is 4.74 Å². The predicted octanol–water partition coefficient (Wildman–Crippen LogP) is 4.94. The van der Waals surface area contributed by atoms with Crippen molar-refractivity contribution in [1.29, 1.82) is 0 Å². The SMILES string of the molecule is COc1ccc(C(=O)C2=C(O)C(=O)N(c3nnc(C)s3)C2c2ccc(C(C)(C)C)cc2)cc1. The van der Waals surface area contributed by atoms with Crippen LogP contribution in [0.25, 0.3) is 0 Å². The molecule has 1 atom stereocenters. The van der Waals surface area contributed by atoms with Gasteiger partial charge in [0.25, 0.3) is 5.91 Å². The fourth-order valence-electron chi connectivity index (χ4n) is 3.80. The van der Waals surface area contributed by atoms with Crippen molar-refractivity contribution in [2.24, 2.45) is 0 Å². The van der Waals surface area contributed by atoms with Gasteiger partial charge in [-0.1, -0.05) is 56.4 Å². The lowest BCUT2D eigenvalue weighted by atomic mass is 9.85. The van der Waals surface area contributed by atoms with Gasteiger partial charge in [-0.2, -0.15) is 0 Å². The number of amides is 1. The van der Waals surface area contributed by atoms with Crippen molar-refractivity contribution in [3.05, 3.63) is 81.6 Å². The van der Waals surface area contributed by atoms with Gasteiger partial charge in [0.15, 0.2) is 11.5 Å². The first-order valence-corrected chi connectivity index (χ1v) is 11.3. The van der Waals surface area contributed by atoms with Gasteiger partial charge in [-0.15, -0.1) is 10.2 Å². The van der Waals surface area contributed by atoms with Gasteiger partial charge in [-0.05, 0) is 47.7 Å². The Morgan fingerprint density at radius 1 is 1.06 bits per heavy atom. The zero-order chi connectivity index (χ0) is 23.9. The molecule has 0 bridgehead atoms. The summed E-state index contributed by atoms with van der Waals surface area (Å²) in [6.07, 6.45) is 0. The molecule has 2 aromatic carbocycles. The molecule has 4 rings (SSSR count). The number of carbonyl (C=O) groups is 2. The second kappa shape index (κ2) is 8.44. The third-order valence-electron chi connectivity index (χ3n) is 5.62. The molecule has 7 nitrogen and oxygen atoms in total. The van der Waals surface area contributed by atoms with E-state index in [1.54, 1.807) is 38.3 Å². The molecule has 1 aromatic heterocycles. The van der Waals surface area contributed by atoms with Crippen LogP contribution in [-0.2, 0) is 10.2 Å². The van der Waals surface area contributed by atoms with Crippen LogP contribution in [0.2, 0.25) is 0 Å². The smallest absolute Gasteiger partial charge is 0.296 e.